The highest BCUT2D eigenvalue weighted by atomic mass is 127. The van der Waals surface area contributed by atoms with Crippen LogP contribution in [0.15, 0.2) is 30.6 Å². The Bertz CT molecular complexity index is 846. The fourth-order valence-corrected chi connectivity index (χ4v) is 2.93. The summed E-state index contributed by atoms with van der Waals surface area (Å²) in [5.41, 5.74) is 1.54. The summed E-state index contributed by atoms with van der Waals surface area (Å²) in [6.07, 6.45) is 3.45. The summed E-state index contributed by atoms with van der Waals surface area (Å²) in [6.45, 7) is -0.386. The molecule has 0 radical (unpaired) electrons. The molecule has 1 aromatic heterocycles. The monoisotopic (exact) mass is 457 g/mol. The first kappa shape index (κ1) is 17.5. The molecule has 1 amide bonds. The van der Waals surface area contributed by atoms with E-state index < -0.39 is 24.3 Å². The standard InChI is InChI=1S/C16H13FIN3O4/c17-11-5-10(18)1-2-12(11)20-13-7-19-6-9-3-4-21(16(24)15(9)13)25-8-14(22)23/h1-2,5-7,20H,3-4,8H2,(H,22,23). The number of pyridine rings is 1. The zero-order chi connectivity index (χ0) is 18.0. The third kappa shape index (κ3) is 3.87. The highest BCUT2D eigenvalue weighted by molar-refractivity contribution is 14.1. The van der Waals surface area contributed by atoms with E-state index in [2.05, 4.69) is 10.3 Å². The van der Waals surface area contributed by atoms with Gasteiger partial charge in [0.2, 0.25) is 0 Å². The second kappa shape index (κ2) is 7.31. The molecule has 0 aliphatic carbocycles. The van der Waals surface area contributed by atoms with Crippen LogP contribution in [0.3, 0.4) is 0 Å². The Morgan fingerprint density at radius 3 is 2.92 bits per heavy atom. The van der Waals surface area contributed by atoms with Crippen molar-refractivity contribution in [3.8, 4) is 0 Å². The number of aromatic nitrogens is 1. The number of rotatable bonds is 5. The molecule has 0 bridgehead atoms. The minimum Gasteiger partial charge on any atom is -0.479 e. The molecule has 9 heteroatoms. The van der Waals surface area contributed by atoms with Gasteiger partial charge in [0.15, 0.2) is 6.61 Å². The Labute approximate surface area is 155 Å². The lowest BCUT2D eigenvalue weighted by atomic mass is 10.0. The smallest absolute Gasteiger partial charge is 0.332 e. The molecule has 25 heavy (non-hydrogen) atoms. The molecule has 0 fully saturated rings. The van der Waals surface area contributed by atoms with Gasteiger partial charge >= 0.3 is 5.97 Å². The van der Waals surface area contributed by atoms with Gasteiger partial charge in [0, 0.05) is 9.77 Å². The van der Waals surface area contributed by atoms with Crippen molar-refractivity contribution in [1.82, 2.24) is 10.0 Å². The van der Waals surface area contributed by atoms with Gasteiger partial charge in [-0.15, -0.1) is 0 Å². The molecule has 1 aromatic carbocycles. The number of carboxylic acid groups (broad SMARTS) is 1. The highest BCUT2D eigenvalue weighted by Crippen LogP contribution is 2.29. The molecular weight excluding hydrogens is 444 g/mol. The second-order valence-corrected chi connectivity index (χ2v) is 6.54. The minimum atomic E-state index is -1.17. The number of carbonyl (C=O) groups is 2. The predicted molar refractivity (Wildman–Crippen MR) is 95.0 cm³/mol. The second-order valence-electron chi connectivity index (χ2n) is 5.29. The van der Waals surface area contributed by atoms with E-state index in [0.717, 1.165) is 8.63 Å². The number of benzene rings is 1. The molecule has 2 N–H and O–H groups in total. The van der Waals surface area contributed by atoms with E-state index in [1.54, 1.807) is 18.3 Å². The molecule has 2 heterocycles. The number of carboxylic acids is 1. The third-order valence-electron chi connectivity index (χ3n) is 3.59. The SMILES string of the molecule is O=C(O)CON1CCc2cncc(Nc3ccc(I)cc3F)c2C1=O. The van der Waals surface area contributed by atoms with Gasteiger partial charge in [-0.3, -0.25) is 14.6 Å². The molecule has 130 valence electrons. The lowest BCUT2D eigenvalue weighted by molar-refractivity contribution is -0.165. The molecule has 1 aliphatic heterocycles. The Morgan fingerprint density at radius 2 is 2.20 bits per heavy atom. The van der Waals surface area contributed by atoms with Crippen molar-refractivity contribution in [2.24, 2.45) is 0 Å². The number of amides is 1. The number of fused-ring (bicyclic) bond motifs is 1. The summed E-state index contributed by atoms with van der Waals surface area (Å²) < 4.78 is 14.8. The maximum absolute atomic E-state index is 14.1. The Balaban J connectivity index is 1.90. The van der Waals surface area contributed by atoms with Crippen LogP contribution >= 0.6 is 22.6 Å². The lowest BCUT2D eigenvalue weighted by Gasteiger charge is -2.28. The van der Waals surface area contributed by atoms with E-state index in [1.807, 2.05) is 22.6 Å². The Kier molecular flexibility index (Phi) is 5.13. The average Bonchev–Trinajstić information content (AvgIpc) is 2.56. The summed E-state index contributed by atoms with van der Waals surface area (Å²) in [5.74, 6) is -2.11. The van der Waals surface area contributed by atoms with E-state index in [0.29, 0.717) is 23.2 Å². The van der Waals surface area contributed by atoms with E-state index in [4.69, 9.17) is 9.94 Å². The molecule has 3 rings (SSSR count). The molecule has 0 spiro atoms. The molecule has 0 saturated heterocycles. The van der Waals surface area contributed by atoms with Gasteiger partial charge in [-0.1, -0.05) is 0 Å². The zero-order valence-electron chi connectivity index (χ0n) is 12.8. The van der Waals surface area contributed by atoms with E-state index >= 15 is 0 Å². The van der Waals surface area contributed by atoms with Gasteiger partial charge in [-0.05, 0) is 52.8 Å². The molecule has 0 atom stereocenters. The van der Waals surface area contributed by atoms with E-state index in [9.17, 15) is 14.0 Å². The number of hydrogen-bond donors (Lipinski definition) is 2. The van der Waals surface area contributed by atoms with Crippen LogP contribution in [0.1, 0.15) is 15.9 Å². The predicted octanol–water partition coefficient (Wildman–Crippen LogP) is 2.58. The van der Waals surface area contributed by atoms with E-state index in [1.165, 1.54) is 12.3 Å². The van der Waals surface area contributed by atoms with Gasteiger partial charge in [0.25, 0.3) is 5.91 Å². The van der Waals surface area contributed by atoms with Crippen LogP contribution in [0.4, 0.5) is 15.8 Å². The molecular formula is C16H13FIN3O4. The fraction of sp³-hybridized carbons (Fsp3) is 0.188. The maximum Gasteiger partial charge on any atom is 0.332 e. The Morgan fingerprint density at radius 1 is 1.40 bits per heavy atom. The third-order valence-corrected chi connectivity index (χ3v) is 4.26. The van der Waals surface area contributed by atoms with Gasteiger partial charge in [0.1, 0.15) is 5.82 Å². The van der Waals surface area contributed by atoms with Crippen LogP contribution in [-0.2, 0) is 16.1 Å². The van der Waals surface area contributed by atoms with Crippen LogP contribution in [0.2, 0.25) is 0 Å². The van der Waals surface area contributed by atoms with E-state index in [-0.39, 0.29) is 12.2 Å². The molecule has 7 nitrogen and oxygen atoms in total. The summed E-state index contributed by atoms with van der Waals surface area (Å²) in [5, 5.41) is 12.6. The van der Waals surface area contributed by atoms with Crippen molar-refractivity contribution >= 4 is 45.8 Å². The molecule has 1 aliphatic rings. The maximum atomic E-state index is 14.1. The van der Waals surface area contributed by atoms with Gasteiger partial charge in [-0.2, -0.15) is 0 Å². The van der Waals surface area contributed by atoms with Gasteiger partial charge in [-0.25, -0.2) is 14.2 Å². The minimum absolute atomic E-state index is 0.215. The first-order valence-corrected chi connectivity index (χ1v) is 8.39. The van der Waals surface area contributed by atoms with Crippen LogP contribution in [0, 0.1) is 9.39 Å². The van der Waals surface area contributed by atoms with Crippen LogP contribution in [0.5, 0.6) is 0 Å². The summed E-state index contributed by atoms with van der Waals surface area (Å²) in [7, 11) is 0. The van der Waals surface area contributed by atoms with Crippen molar-refractivity contribution < 1.29 is 23.9 Å². The molecule has 0 saturated carbocycles. The number of aliphatic carboxylic acids is 1. The lowest BCUT2D eigenvalue weighted by Crippen LogP contribution is -2.39. The highest BCUT2D eigenvalue weighted by Gasteiger charge is 2.29. The number of hydrogen-bond acceptors (Lipinski definition) is 5. The summed E-state index contributed by atoms with van der Waals surface area (Å²) >= 11 is 2.00. The van der Waals surface area contributed by atoms with Crippen LogP contribution in [-0.4, -0.2) is 40.2 Å². The number of halogens is 2. The van der Waals surface area contributed by atoms with Gasteiger partial charge in [0.05, 0.1) is 29.7 Å². The Hall–Kier alpha value is -2.27. The number of nitrogens with zero attached hydrogens (tertiary/aromatic N) is 2. The number of anilines is 2. The molecule has 0 unspecified atom stereocenters. The van der Waals surface area contributed by atoms with Gasteiger partial charge < -0.3 is 10.4 Å². The largest absolute Gasteiger partial charge is 0.479 e. The summed E-state index contributed by atoms with van der Waals surface area (Å²) in [4.78, 5) is 32.4. The number of carbonyl (C=O) groups excluding carboxylic acids is 1. The van der Waals surface area contributed by atoms with Crippen LogP contribution in [0.25, 0.3) is 0 Å². The van der Waals surface area contributed by atoms with Crippen molar-refractivity contribution in [2.45, 2.75) is 6.42 Å². The number of hydroxylamine groups is 2. The zero-order valence-corrected chi connectivity index (χ0v) is 15.0. The van der Waals surface area contributed by atoms with Crippen molar-refractivity contribution in [3.63, 3.8) is 0 Å². The normalized spacial score (nSPS) is 13.5. The van der Waals surface area contributed by atoms with Crippen molar-refractivity contribution in [3.05, 3.63) is 51.1 Å². The van der Waals surface area contributed by atoms with Crippen molar-refractivity contribution in [2.75, 3.05) is 18.5 Å². The first-order valence-electron chi connectivity index (χ1n) is 7.31. The van der Waals surface area contributed by atoms with Crippen molar-refractivity contribution in [1.29, 1.82) is 0 Å². The average molecular weight is 457 g/mol. The fourth-order valence-electron chi connectivity index (χ4n) is 2.48. The quantitative estimate of drug-likeness (QED) is 0.671. The molecule has 2 aromatic rings. The number of nitrogens with one attached hydrogen (secondary N) is 1. The van der Waals surface area contributed by atoms with Crippen LogP contribution < -0.4 is 5.32 Å². The topological polar surface area (TPSA) is 91.8 Å². The first-order chi connectivity index (χ1) is 12.0. The summed E-state index contributed by atoms with van der Waals surface area (Å²) in [6, 6.07) is 4.68.